The second-order valence-corrected chi connectivity index (χ2v) is 6.96. The first-order valence-corrected chi connectivity index (χ1v) is 9.64. The number of hydrogen-bond acceptors (Lipinski definition) is 7. The van der Waals surface area contributed by atoms with Crippen LogP contribution in [0.3, 0.4) is 0 Å². The molecule has 0 radical (unpaired) electrons. The largest absolute Gasteiger partial charge is 0.480 e. The van der Waals surface area contributed by atoms with E-state index in [2.05, 4.69) is 26.2 Å². The monoisotopic (exact) mass is 451 g/mol. The Kier molecular flexibility index (Phi) is 8.67. The highest BCUT2D eigenvalue weighted by molar-refractivity contribution is 9.10. The molecule has 1 heterocycles. The van der Waals surface area contributed by atoms with Crippen LogP contribution in [-0.2, 0) is 9.53 Å². The Morgan fingerprint density at radius 1 is 1.32 bits per heavy atom. The van der Waals surface area contributed by atoms with Crippen molar-refractivity contribution in [3.05, 3.63) is 57.2 Å². The highest BCUT2D eigenvalue weighted by atomic mass is 79.9. The quantitative estimate of drug-likeness (QED) is 0.234. The third-order valence-corrected chi connectivity index (χ3v) is 4.30. The predicted octanol–water partition coefficient (Wildman–Crippen LogP) is 4.35. The maximum Gasteiger partial charge on any atom is 0.310 e. The maximum absolute atomic E-state index is 11.1. The number of nitrogens with one attached hydrogen (secondary N) is 1. The van der Waals surface area contributed by atoms with Crippen molar-refractivity contribution in [2.45, 2.75) is 32.3 Å². The van der Waals surface area contributed by atoms with Crippen LogP contribution in [0.2, 0.25) is 0 Å². The molecule has 1 aromatic heterocycles. The van der Waals surface area contributed by atoms with Gasteiger partial charge in [-0.2, -0.15) is 0 Å². The normalized spacial score (nSPS) is 11.5. The number of nitro benzene ring substituents is 1. The molecule has 2 rings (SSSR count). The molecule has 1 aromatic carbocycles. The van der Waals surface area contributed by atoms with E-state index in [1.54, 1.807) is 24.4 Å². The summed E-state index contributed by atoms with van der Waals surface area (Å²) in [5.74, 6) is 0.529. The number of carbonyl (C=O) groups is 1. The molecule has 0 aliphatic rings. The number of aromatic nitrogens is 1. The van der Waals surface area contributed by atoms with Gasteiger partial charge in [0.15, 0.2) is 5.75 Å². The Bertz CT molecular complexity index is 803. The molecule has 0 amide bonds. The van der Waals surface area contributed by atoms with Gasteiger partial charge in [0.2, 0.25) is 0 Å². The SMILES string of the molecule is CC(=O)OCC(CCCCNc1cc(Br)ccn1)Oc1ccccc1[N+](=O)[O-]. The number of hydrogen-bond donors (Lipinski definition) is 1. The Morgan fingerprint density at radius 3 is 2.82 bits per heavy atom. The van der Waals surface area contributed by atoms with Gasteiger partial charge in [-0.15, -0.1) is 0 Å². The molecule has 0 aliphatic carbocycles. The molecule has 1 atom stereocenters. The number of esters is 1. The molecule has 0 fully saturated rings. The summed E-state index contributed by atoms with van der Waals surface area (Å²) in [5, 5.41) is 14.4. The summed E-state index contributed by atoms with van der Waals surface area (Å²) in [5.41, 5.74) is -0.113. The van der Waals surface area contributed by atoms with E-state index >= 15 is 0 Å². The zero-order valence-electron chi connectivity index (χ0n) is 15.5. The number of halogens is 1. The molecule has 0 spiro atoms. The number of carbonyl (C=O) groups excluding carboxylic acids is 1. The van der Waals surface area contributed by atoms with Crippen LogP contribution in [0, 0.1) is 10.1 Å². The molecule has 0 aliphatic heterocycles. The topological polar surface area (TPSA) is 104 Å². The number of benzene rings is 1. The van der Waals surface area contributed by atoms with Crippen molar-refractivity contribution < 1.29 is 19.2 Å². The average Bonchev–Trinajstić information content (AvgIpc) is 2.65. The number of rotatable bonds is 11. The number of pyridine rings is 1. The van der Waals surface area contributed by atoms with Crippen LogP contribution >= 0.6 is 15.9 Å². The van der Waals surface area contributed by atoms with Crippen molar-refractivity contribution >= 4 is 33.4 Å². The van der Waals surface area contributed by atoms with Gasteiger partial charge in [0.25, 0.3) is 0 Å². The third-order valence-electron chi connectivity index (χ3n) is 3.81. The standard InChI is InChI=1S/C19H22BrN3O5/c1-14(24)27-13-16(28-18-8-3-2-7-17(18)23(25)26)6-4-5-10-21-19-12-15(20)9-11-22-19/h2-3,7-9,11-12,16H,4-6,10,13H2,1H3,(H,21,22). The second kappa shape index (κ2) is 11.2. The first-order valence-electron chi connectivity index (χ1n) is 8.84. The van der Waals surface area contributed by atoms with Gasteiger partial charge in [0.05, 0.1) is 4.92 Å². The van der Waals surface area contributed by atoms with E-state index < -0.39 is 17.0 Å². The summed E-state index contributed by atoms with van der Waals surface area (Å²) in [4.78, 5) is 26.0. The molecule has 8 nitrogen and oxygen atoms in total. The minimum atomic E-state index is -0.493. The van der Waals surface area contributed by atoms with Crippen LogP contribution in [0.5, 0.6) is 5.75 Å². The zero-order chi connectivity index (χ0) is 20.4. The molecule has 0 saturated carbocycles. The lowest BCUT2D eigenvalue weighted by molar-refractivity contribution is -0.386. The van der Waals surface area contributed by atoms with Crippen molar-refractivity contribution in [2.24, 2.45) is 0 Å². The minimum absolute atomic E-state index is 0.0436. The Balaban J connectivity index is 1.86. The number of unbranched alkanes of at least 4 members (excludes halogenated alkanes) is 1. The van der Waals surface area contributed by atoms with Gasteiger partial charge in [-0.1, -0.05) is 28.1 Å². The molecule has 28 heavy (non-hydrogen) atoms. The summed E-state index contributed by atoms with van der Waals surface area (Å²) in [6, 6.07) is 9.91. The van der Waals surface area contributed by atoms with Crippen LogP contribution in [-0.4, -0.2) is 35.1 Å². The van der Waals surface area contributed by atoms with E-state index in [-0.39, 0.29) is 18.0 Å². The molecule has 1 unspecified atom stereocenters. The Hall–Kier alpha value is -2.68. The highest BCUT2D eigenvalue weighted by Gasteiger charge is 2.19. The molecule has 150 valence electrons. The van der Waals surface area contributed by atoms with E-state index in [9.17, 15) is 14.9 Å². The smallest absolute Gasteiger partial charge is 0.310 e. The minimum Gasteiger partial charge on any atom is -0.480 e. The molecular weight excluding hydrogens is 430 g/mol. The number of nitro groups is 1. The van der Waals surface area contributed by atoms with Gasteiger partial charge >= 0.3 is 11.7 Å². The number of ether oxygens (including phenoxy) is 2. The van der Waals surface area contributed by atoms with E-state index in [4.69, 9.17) is 9.47 Å². The van der Waals surface area contributed by atoms with E-state index in [1.807, 2.05) is 12.1 Å². The summed E-state index contributed by atoms with van der Waals surface area (Å²) in [6.07, 6.45) is 3.46. The van der Waals surface area contributed by atoms with Crippen LogP contribution < -0.4 is 10.1 Å². The fraction of sp³-hybridized carbons (Fsp3) is 0.368. The number of nitrogens with zero attached hydrogens (tertiary/aromatic N) is 2. The van der Waals surface area contributed by atoms with Crippen molar-refractivity contribution in [2.75, 3.05) is 18.5 Å². The molecule has 1 N–H and O–H groups in total. The lowest BCUT2D eigenvalue weighted by Crippen LogP contribution is -2.25. The number of anilines is 1. The van der Waals surface area contributed by atoms with Crippen molar-refractivity contribution in [3.8, 4) is 5.75 Å². The Labute approximate surface area is 171 Å². The highest BCUT2D eigenvalue weighted by Crippen LogP contribution is 2.27. The Morgan fingerprint density at radius 2 is 2.11 bits per heavy atom. The fourth-order valence-electron chi connectivity index (χ4n) is 2.49. The predicted molar refractivity (Wildman–Crippen MR) is 108 cm³/mol. The van der Waals surface area contributed by atoms with Gasteiger partial charge in [-0.3, -0.25) is 14.9 Å². The first kappa shape index (κ1) is 21.6. The summed E-state index contributed by atoms with van der Waals surface area (Å²) >= 11 is 3.39. The second-order valence-electron chi connectivity index (χ2n) is 6.05. The zero-order valence-corrected chi connectivity index (χ0v) is 17.1. The fourth-order valence-corrected chi connectivity index (χ4v) is 2.82. The van der Waals surface area contributed by atoms with Crippen LogP contribution in [0.15, 0.2) is 47.1 Å². The maximum atomic E-state index is 11.1. The van der Waals surface area contributed by atoms with Gasteiger partial charge in [0.1, 0.15) is 18.5 Å². The van der Waals surface area contributed by atoms with Gasteiger partial charge in [-0.05, 0) is 37.5 Å². The van der Waals surface area contributed by atoms with Crippen LogP contribution in [0.25, 0.3) is 0 Å². The molecule has 9 heteroatoms. The van der Waals surface area contributed by atoms with E-state index in [0.717, 1.165) is 29.7 Å². The first-order chi connectivity index (χ1) is 13.5. The van der Waals surface area contributed by atoms with E-state index in [0.29, 0.717) is 6.42 Å². The van der Waals surface area contributed by atoms with Crippen LogP contribution in [0.1, 0.15) is 26.2 Å². The summed E-state index contributed by atoms with van der Waals surface area (Å²) < 4.78 is 11.8. The lowest BCUT2D eigenvalue weighted by Gasteiger charge is -2.19. The van der Waals surface area contributed by atoms with Crippen LogP contribution in [0.4, 0.5) is 11.5 Å². The van der Waals surface area contributed by atoms with Gasteiger partial charge in [-0.25, -0.2) is 4.98 Å². The molecular formula is C19H22BrN3O5. The summed E-state index contributed by atoms with van der Waals surface area (Å²) in [6.45, 7) is 2.08. The van der Waals surface area contributed by atoms with Crippen molar-refractivity contribution in [1.82, 2.24) is 4.98 Å². The van der Waals surface area contributed by atoms with Gasteiger partial charge < -0.3 is 14.8 Å². The lowest BCUT2D eigenvalue weighted by atomic mass is 10.1. The van der Waals surface area contributed by atoms with Gasteiger partial charge in [0, 0.05) is 30.2 Å². The van der Waals surface area contributed by atoms with Crippen molar-refractivity contribution in [1.29, 1.82) is 0 Å². The molecule has 0 bridgehead atoms. The third kappa shape index (κ3) is 7.51. The van der Waals surface area contributed by atoms with Crippen molar-refractivity contribution in [3.63, 3.8) is 0 Å². The molecule has 2 aromatic rings. The average molecular weight is 452 g/mol. The van der Waals surface area contributed by atoms with E-state index in [1.165, 1.54) is 13.0 Å². The molecule has 0 saturated heterocycles. The summed E-state index contributed by atoms with van der Waals surface area (Å²) in [7, 11) is 0. The number of para-hydroxylation sites is 2.